The van der Waals surface area contributed by atoms with Crippen LogP contribution in [-0.4, -0.2) is 24.2 Å². The van der Waals surface area contributed by atoms with Gasteiger partial charge in [0.15, 0.2) is 0 Å². The van der Waals surface area contributed by atoms with Crippen molar-refractivity contribution in [1.82, 2.24) is 0 Å². The Balaban J connectivity index is 1.68. The lowest BCUT2D eigenvalue weighted by Gasteiger charge is -2.37. The summed E-state index contributed by atoms with van der Waals surface area (Å²) in [5, 5.41) is 2.66. The second-order valence-corrected chi connectivity index (χ2v) is 9.33. The van der Waals surface area contributed by atoms with Crippen molar-refractivity contribution in [3.05, 3.63) is 136 Å². The third-order valence-corrected chi connectivity index (χ3v) is 6.46. The van der Waals surface area contributed by atoms with Gasteiger partial charge < -0.3 is 10.1 Å². The van der Waals surface area contributed by atoms with Crippen molar-refractivity contribution in [3.63, 3.8) is 0 Å². The van der Waals surface area contributed by atoms with Gasteiger partial charge in [-0.05, 0) is 47.5 Å². The molecule has 4 rings (SSSR count). The summed E-state index contributed by atoms with van der Waals surface area (Å²) in [5.74, 6) is -3.24. The van der Waals surface area contributed by atoms with Gasteiger partial charge in [-0.1, -0.05) is 84.4 Å². The molecule has 0 aliphatic heterocycles. The van der Waals surface area contributed by atoms with Crippen LogP contribution < -0.4 is 5.32 Å². The van der Waals surface area contributed by atoms with Crippen molar-refractivity contribution in [1.29, 1.82) is 0 Å². The fraction of sp³-hybridized carbons (Fsp3) is 0.133. The first-order valence-corrected chi connectivity index (χ1v) is 12.3. The maximum atomic E-state index is 14.2. The summed E-state index contributed by atoms with van der Waals surface area (Å²) < 4.78 is 89.4. The third-order valence-electron chi connectivity index (χ3n) is 6.21. The average molecular weight is 592 g/mol. The highest BCUT2D eigenvalue weighted by molar-refractivity contribution is 6.30. The zero-order valence-corrected chi connectivity index (χ0v) is 21.6. The molecule has 4 aromatic rings. The Morgan fingerprint density at radius 3 is 1.56 bits per heavy atom. The second kappa shape index (κ2) is 11.7. The molecule has 0 atom stereocenters. The number of hydrogen-bond acceptors (Lipinski definition) is 3. The average Bonchev–Trinajstić information content (AvgIpc) is 2.92. The molecule has 0 saturated carbocycles. The quantitative estimate of drug-likeness (QED) is 0.174. The van der Waals surface area contributed by atoms with Crippen LogP contribution in [0.5, 0.6) is 0 Å². The normalized spacial score (nSPS) is 12.2. The van der Waals surface area contributed by atoms with Crippen molar-refractivity contribution >= 4 is 29.2 Å². The number of halogens is 7. The summed E-state index contributed by atoms with van der Waals surface area (Å²) in [6.07, 6.45) is -12.2. The van der Waals surface area contributed by atoms with Gasteiger partial charge in [0.25, 0.3) is 0 Å². The van der Waals surface area contributed by atoms with Gasteiger partial charge in [-0.2, -0.15) is 26.3 Å². The zero-order chi connectivity index (χ0) is 29.8. The monoisotopic (exact) mass is 591 g/mol. The van der Waals surface area contributed by atoms with Crippen LogP contribution in [0.3, 0.4) is 0 Å². The summed E-state index contributed by atoms with van der Waals surface area (Å²) in [7, 11) is 0. The molecule has 0 aliphatic carbocycles. The smallest absolute Gasteiger partial charge is 0.431 e. The number of amides is 1. The van der Waals surface area contributed by atoms with E-state index in [0.29, 0.717) is 23.3 Å². The summed E-state index contributed by atoms with van der Waals surface area (Å²) in [6, 6.07) is 24.2. The number of carbonyl (C=O) groups excluding carboxylic acids is 2. The number of ether oxygens (including phenoxy) is 1. The van der Waals surface area contributed by atoms with E-state index >= 15 is 0 Å². The van der Waals surface area contributed by atoms with Crippen molar-refractivity contribution in [2.45, 2.75) is 23.9 Å². The van der Waals surface area contributed by atoms with Crippen molar-refractivity contribution in [2.24, 2.45) is 0 Å². The van der Waals surface area contributed by atoms with Gasteiger partial charge >= 0.3 is 23.9 Å². The minimum absolute atomic E-state index is 0.0714. The Kier molecular flexibility index (Phi) is 8.44. The predicted molar refractivity (Wildman–Crippen MR) is 140 cm³/mol. The van der Waals surface area contributed by atoms with Gasteiger partial charge in [0, 0.05) is 16.3 Å². The SMILES string of the molecule is O=C(OC(c1ccc(NC(=O)C(c2ccccc2)c2ccccc2)cc1)(C(F)(F)F)C(F)(F)F)c1ccc(Cl)cc1. The van der Waals surface area contributed by atoms with E-state index in [-0.39, 0.29) is 10.7 Å². The first-order valence-electron chi connectivity index (χ1n) is 12.0. The molecule has 4 nitrogen and oxygen atoms in total. The Bertz CT molecular complexity index is 1440. The molecular formula is C30H20ClF6NO3. The molecule has 0 spiro atoms. The van der Waals surface area contributed by atoms with Gasteiger partial charge in [-0.15, -0.1) is 0 Å². The summed E-state index contributed by atoms with van der Waals surface area (Å²) in [5.41, 5.74) is -5.79. The molecule has 0 aromatic heterocycles. The largest absolute Gasteiger partial charge is 0.442 e. The summed E-state index contributed by atoms with van der Waals surface area (Å²) in [4.78, 5) is 25.8. The van der Waals surface area contributed by atoms with Crippen molar-refractivity contribution in [3.8, 4) is 0 Å². The molecule has 0 aliphatic rings. The van der Waals surface area contributed by atoms with Gasteiger partial charge in [-0.3, -0.25) is 4.79 Å². The number of nitrogens with one attached hydrogen (secondary N) is 1. The van der Waals surface area contributed by atoms with Crippen LogP contribution in [-0.2, 0) is 15.1 Å². The first-order chi connectivity index (χ1) is 19.3. The zero-order valence-electron chi connectivity index (χ0n) is 20.8. The molecule has 0 fully saturated rings. The van der Waals surface area contributed by atoms with Crippen molar-refractivity contribution in [2.75, 3.05) is 5.32 Å². The Morgan fingerprint density at radius 2 is 1.12 bits per heavy atom. The number of carbonyl (C=O) groups is 2. The Hall–Kier alpha value is -4.31. The van der Waals surface area contributed by atoms with Gasteiger partial charge in [-0.25, -0.2) is 4.79 Å². The molecule has 0 unspecified atom stereocenters. The van der Waals surface area contributed by atoms with Crippen LogP contribution in [0.1, 0.15) is 33.0 Å². The number of hydrogen-bond donors (Lipinski definition) is 1. The molecule has 1 N–H and O–H groups in total. The van der Waals surface area contributed by atoms with E-state index in [0.717, 1.165) is 36.4 Å². The molecule has 212 valence electrons. The molecule has 0 bridgehead atoms. The molecule has 4 aromatic carbocycles. The van der Waals surface area contributed by atoms with Crippen LogP contribution >= 0.6 is 11.6 Å². The maximum absolute atomic E-state index is 14.2. The van der Waals surface area contributed by atoms with E-state index in [2.05, 4.69) is 10.1 Å². The van der Waals surface area contributed by atoms with Gasteiger partial charge in [0.1, 0.15) is 0 Å². The minimum Gasteiger partial charge on any atom is -0.431 e. The van der Waals surface area contributed by atoms with Gasteiger partial charge in [0.05, 0.1) is 11.5 Å². The van der Waals surface area contributed by atoms with E-state index in [1.807, 2.05) is 0 Å². The van der Waals surface area contributed by atoms with Gasteiger partial charge in [0.2, 0.25) is 5.91 Å². The first kappa shape index (κ1) is 29.7. The lowest BCUT2D eigenvalue weighted by Crippen LogP contribution is -2.56. The van der Waals surface area contributed by atoms with Crippen LogP contribution in [0.2, 0.25) is 5.02 Å². The number of rotatable bonds is 7. The molecule has 0 radical (unpaired) electrons. The highest BCUT2D eigenvalue weighted by atomic mass is 35.5. The second-order valence-electron chi connectivity index (χ2n) is 8.89. The molecule has 1 amide bonds. The maximum Gasteiger partial charge on any atom is 0.442 e. The standard InChI is InChI=1S/C30H20ClF6NO3/c31-23-15-11-21(12-16-23)27(40)41-28(29(32,33)34,30(35,36)37)22-13-17-24(18-14-22)38-26(39)25(19-7-3-1-4-8-19)20-9-5-2-6-10-20/h1-18,25H,(H,38,39). The fourth-order valence-electron chi connectivity index (χ4n) is 4.24. The Labute approximate surface area is 235 Å². The highest BCUT2D eigenvalue weighted by Gasteiger charge is 2.75. The van der Waals surface area contributed by atoms with E-state index in [1.165, 1.54) is 0 Å². The Morgan fingerprint density at radius 1 is 0.659 bits per heavy atom. The fourth-order valence-corrected chi connectivity index (χ4v) is 4.36. The third kappa shape index (κ3) is 6.22. The van der Waals surface area contributed by atoms with Crippen LogP contribution in [0.4, 0.5) is 32.0 Å². The van der Waals surface area contributed by atoms with E-state index in [4.69, 9.17) is 11.6 Å². The van der Waals surface area contributed by atoms with Crippen LogP contribution in [0.15, 0.2) is 109 Å². The lowest BCUT2D eigenvalue weighted by atomic mass is 9.90. The van der Waals surface area contributed by atoms with Crippen LogP contribution in [0, 0.1) is 0 Å². The topological polar surface area (TPSA) is 55.4 Å². The number of benzene rings is 4. The van der Waals surface area contributed by atoms with Crippen molar-refractivity contribution < 1.29 is 40.7 Å². The molecule has 0 heterocycles. The van der Waals surface area contributed by atoms with E-state index < -0.39 is 46.9 Å². The highest BCUT2D eigenvalue weighted by Crippen LogP contribution is 2.53. The number of alkyl halides is 6. The molecule has 41 heavy (non-hydrogen) atoms. The van der Waals surface area contributed by atoms with Crippen LogP contribution in [0.25, 0.3) is 0 Å². The summed E-state index contributed by atoms with van der Waals surface area (Å²) in [6.45, 7) is 0. The molecular weight excluding hydrogens is 572 g/mol. The number of anilines is 1. The summed E-state index contributed by atoms with van der Waals surface area (Å²) >= 11 is 5.69. The van der Waals surface area contributed by atoms with E-state index in [1.54, 1.807) is 60.7 Å². The number of esters is 1. The molecule has 11 heteroatoms. The predicted octanol–water partition coefficient (Wildman–Crippen LogP) is 8.29. The van der Waals surface area contributed by atoms with E-state index in [9.17, 15) is 35.9 Å². The lowest BCUT2D eigenvalue weighted by molar-refractivity contribution is -0.373. The molecule has 0 saturated heterocycles. The minimum atomic E-state index is -6.09.